The number of aromatic amines is 1. The second kappa shape index (κ2) is 7.81. The molecule has 6 heteroatoms. The maximum atomic E-state index is 6.26. The fourth-order valence-corrected chi connectivity index (χ4v) is 2.54. The SMILES string of the molecule is COc1cccc(NCCc2nc(C(N)c3ccc(C)cc3)n[nH]2)c1. The quantitative estimate of drug-likeness (QED) is 0.617. The summed E-state index contributed by atoms with van der Waals surface area (Å²) in [4.78, 5) is 4.52. The first-order valence-corrected chi connectivity index (χ1v) is 8.27. The van der Waals surface area contributed by atoms with Gasteiger partial charge in [-0.25, -0.2) is 4.98 Å². The summed E-state index contributed by atoms with van der Waals surface area (Å²) in [5, 5.41) is 10.6. The van der Waals surface area contributed by atoms with Gasteiger partial charge in [0.25, 0.3) is 0 Å². The molecule has 0 amide bonds. The first kappa shape index (κ1) is 17.0. The number of nitrogens with two attached hydrogens (primary N) is 1. The molecular formula is C19H23N5O. The van der Waals surface area contributed by atoms with Gasteiger partial charge in [0.15, 0.2) is 5.82 Å². The van der Waals surface area contributed by atoms with Crippen molar-refractivity contribution in [2.24, 2.45) is 5.73 Å². The van der Waals surface area contributed by atoms with Gasteiger partial charge >= 0.3 is 0 Å². The third-order valence-electron chi connectivity index (χ3n) is 4.02. The van der Waals surface area contributed by atoms with Crippen LogP contribution in [0.5, 0.6) is 5.75 Å². The van der Waals surface area contributed by atoms with Crippen molar-refractivity contribution in [2.45, 2.75) is 19.4 Å². The van der Waals surface area contributed by atoms with Gasteiger partial charge in [-0.2, -0.15) is 5.10 Å². The van der Waals surface area contributed by atoms with Crippen LogP contribution in [0.3, 0.4) is 0 Å². The number of anilines is 1. The summed E-state index contributed by atoms with van der Waals surface area (Å²) in [6, 6.07) is 15.6. The van der Waals surface area contributed by atoms with Crippen molar-refractivity contribution in [3.63, 3.8) is 0 Å². The van der Waals surface area contributed by atoms with Gasteiger partial charge in [-0.1, -0.05) is 35.9 Å². The van der Waals surface area contributed by atoms with Crippen molar-refractivity contribution in [1.29, 1.82) is 0 Å². The summed E-state index contributed by atoms with van der Waals surface area (Å²) in [5.41, 5.74) is 9.48. The number of rotatable bonds is 7. The number of hydrogen-bond donors (Lipinski definition) is 3. The fraction of sp³-hybridized carbons (Fsp3) is 0.263. The van der Waals surface area contributed by atoms with E-state index in [0.29, 0.717) is 5.82 Å². The van der Waals surface area contributed by atoms with Gasteiger partial charge in [-0.15, -0.1) is 0 Å². The monoisotopic (exact) mass is 337 g/mol. The van der Waals surface area contributed by atoms with E-state index < -0.39 is 0 Å². The summed E-state index contributed by atoms with van der Waals surface area (Å²) in [6.45, 7) is 2.79. The third kappa shape index (κ3) is 4.36. The molecule has 3 rings (SSSR count). The third-order valence-corrected chi connectivity index (χ3v) is 4.02. The molecule has 1 heterocycles. The molecule has 0 aliphatic carbocycles. The van der Waals surface area contributed by atoms with Gasteiger partial charge in [0, 0.05) is 24.7 Å². The van der Waals surface area contributed by atoms with Gasteiger partial charge in [-0.3, -0.25) is 5.10 Å². The molecule has 0 bridgehead atoms. The van der Waals surface area contributed by atoms with E-state index in [9.17, 15) is 0 Å². The van der Waals surface area contributed by atoms with Crippen molar-refractivity contribution < 1.29 is 4.74 Å². The molecule has 130 valence electrons. The molecule has 6 nitrogen and oxygen atoms in total. The number of nitrogens with one attached hydrogen (secondary N) is 2. The zero-order valence-corrected chi connectivity index (χ0v) is 14.5. The second-order valence-corrected chi connectivity index (χ2v) is 5.94. The van der Waals surface area contributed by atoms with E-state index in [1.54, 1.807) is 7.11 Å². The molecule has 0 radical (unpaired) electrons. The van der Waals surface area contributed by atoms with E-state index in [0.717, 1.165) is 35.8 Å². The van der Waals surface area contributed by atoms with Crippen LogP contribution in [0.25, 0.3) is 0 Å². The van der Waals surface area contributed by atoms with E-state index in [-0.39, 0.29) is 6.04 Å². The number of nitrogens with zero attached hydrogens (tertiary/aromatic N) is 2. The first-order chi connectivity index (χ1) is 12.2. The van der Waals surface area contributed by atoms with Crippen LogP contribution in [-0.4, -0.2) is 28.8 Å². The number of hydrogen-bond acceptors (Lipinski definition) is 5. The standard InChI is InChI=1S/C19H23N5O/c1-13-6-8-14(9-7-13)18(20)19-22-17(23-24-19)10-11-21-15-4-3-5-16(12-15)25-2/h3-9,12,18,21H,10-11,20H2,1-2H3,(H,22,23,24). The molecule has 0 aliphatic heterocycles. The summed E-state index contributed by atoms with van der Waals surface area (Å²) in [5.74, 6) is 2.25. The Balaban J connectivity index is 1.57. The molecule has 2 aromatic carbocycles. The number of H-pyrrole nitrogens is 1. The normalized spacial score (nSPS) is 12.0. The van der Waals surface area contributed by atoms with Crippen molar-refractivity contribution >= 4 is 5.69 Å². The topological polar surface area (TPSA) is 88.8 Å². The van der Waals surface area contributed by atoms with Crippen LogP contribution in [0.4, 0.5) is 5.69 Å². The lowest BCUT2D eigenvalue weighted by atomic mass is 10.1. The summed E-state index contributed by atoms with van der Waals surface area (Å²) in [6.07, 6.45) is 0.727. The lowest BCUT2D eigenvalue weighted by molar-refractivity contribution is 0.415. The highest BCUT2D eigenvalue weighted by Crippen LogP contribution is 2.18. The first-order valence-electron chi connectivity index (χ1n) is 8.27. The predicted molar refractivity (Wildman–Crippen MR) is 98.8 cm³/mol. The molecule has 1 unspecified atom stereocenters. The van der Waals surface area contributed by atoms with E-state index >= 15 is 0 Å². The van der Waals surface area contributed by atoms with Gasteiger partial charge in [-0.05, 0) is 24.6 Å². The minimum Gasteiger partial charge on any atom is -0.497 e. The Morgan fingerprint density at radius 2 is 2.00 bits per heavy atom. The van der Waals surface area contributed by atoms with Crippen LogP contribution in [0, 0.1) is 6.92 Å². The minimum atomic E-state index is -0.322. The van der Waals surface area contributed by atoms with Crippen LogP contribution in [-0.2, 0) is 6.42 Å². The van der Waals surface area contributed by atoms with Crippen molar-refractivity contribution in [2.75, 3.05) is 19.0 Å². The average Bonchev–Trinajstić information content (AvgIpc) is 3.11. The van der Waals surface area contributed by atoms with Crippen LogP contribution in [0.1, 0.15) is 28.8 Å². The Bertz CT molecular complexity index is 813. The maximum absolute atomic E-state index is 6.26. The maximum Gasteiger partial charge on any atom is 0.171 e. The van der Waals surface area contributed by atoms with E-state index in [4.69, 9.17) is 10.5 Å². The molecule has 3 aromatic rings. The molecule has 0 aliphatic rings. The summed E-state index contributed by atoms with van der Waals surface area (Å²) >= 11 is 0. The smallest absolute Gasteiger partial charge is 0.171 e. The largest absolute Gasteiger partial charge is 0.497 e. The molecular weight excluding hydrogens is 314 g/mol. The van der Waals surface area contributed by atoms with Crippen LogP contribution >= 0.6 is 0 Å². The molecule has 0 spiro atoms. The van der Waals surface area contributed by atoms with Gasteiger partial charge in [0.2, 0.25) is 0 Å². The Kier molecular flexibility index (Phi) is 5.30. The summed E-state index contributed by atoms with van der Waals surface area (Å²) < 4.78 is 5.22. The molecule has 25 heavy (non-hydrogen) atoms. The molecule has 0 saturated heterocycles. The molecule has 0 fully saturated rings. The van der Waals surface area contributed by atoms with Crippen LogP contribution in [0.15, 0.2) is 48.5 Å². The summed E-state index contributed by atoms with van der Waals surface area (Å²) in [7, 11) is 1.66. The minimum absolute atomic E-state index is 0.322. The highest BCUT2D eigenvalue weighted by molar-refractivity contribution is 5.48. The highest BCUT2D eigenvalue weighted by atomic mass is 16.5. The van der Waals surface area contributed by atoms with Crippen molar-refractivity contribution in [3.8, 4) is 5.75 Å². The zero-order valence-electron chi connectivity index (χ0n) is 14.5. The van der Waals surface area contributed by atoms with Gasteiger partial charge in [0.1, 0.15) is 11.6 Å². The number of aryl methyl sites for hydroxylation is 1. The van der Waals surface area contributed by atoms with E-state index in [1.165, 1.54) is 5.56 Å². The molecule has 1 aromatic heterocycles. The highest BCUT2D eigenvalue weighted by Gasteiger charge is 2.14. The Hall–Kier alpha value is -2.86. The van der Waals surface area contributed by atoms with E-state index in [2.05, 4.69) is 27.4 Å². The second-order valence-electron chi connectivity index (χ2n) is 5.94. The lowest BCUT2D eigenvalue weighted by Gasteiger charge is -2.08. The number of aromatic nitrogens is 3. The Morgan fingerprint density at radius 3 is 2.76 bits per heavy atom. The molecule has 1 atom stereocenters. The molecule has 0 saturated carbocycles. The van der Waals surface area contributed by atoms with E-state index in [1.807, 2.05) is 48.5 Å². The van der Waals surface area contributed by atoms with Crippen LogP contribution in [0.2, 0.25) is 0 Å². The Morgan fingerprint density at radius 1 is 1.20 bits per heavy atom. The Labute approximate surface area is 147 Å². The molecule has 4 N–H and O–H groups in total. The van der Waals surface area contributed by atoms with Crippen LogP contribution < -0.4 is 15.8 Å². The van der Waals surface area contributed by atoms with Crippen molar-refractivity contribution in [3.05, 3.63) is 71.3 Å². The number of ether oxygens (including phenoxy) is 1. The van der Waals surface area contributed by atoms with Crippen molar-refractivity contribution in [1.82, 2.24) is 15.2 Å². The van der Waals surface area contributed by atoms with Gasteiger partial charge in [0.05, 0.1) is 13.2 Å². The number of benzene rings is 2. The predicted octanol–water partition coefficient (Wildman–Crippen LogP) is 2.82. The van der Waals surface area contributed by atoms with Gasteiger partial charge < -0.3 is 15.8 Å². The lowest BCUT2D eigenvalue weighted by Crippen LogP contribution is -2.13. The zero-order chi connectivity index (χ0) is 17.6. The average molecular weight is 337 g/mol. The number of methoxy groups -OCH3 is 1. The fourth-order valence-electron chi connectivity index (χ4n) is 2.54.